The van der Waals surface area contributed by atoms with E-state index in [1.54, 1.807) is 17.0 Å². The Labute approximate surface area is 184 Å². The smallest absolute Gasteiger partial charge is 0.317 e. The van der Waals surface area contributed by atoms with Crippen molar-refractivity contribution in [1.29, 1.82) is 0 Å². The zero-order chi connectivity index (χ0) is 21.8. The predicted molar refractivity (Wildman–Crippen MR) is 120 cm³/mol. The number of para-hydroxylation sites is 2. The molecule has 1 N–H and O–H groups in total. The van der Waals surface area contributed by atoms with E-state index in [9.17, 15) is 14.9 Å². The molecule has 3 aromatic rings. The first-order chi connectivity index (χ1) is 15.0. The van der Waals surface area contributed by atoms with Gasteiger partial charge in [0.25, 0.3) is 5.69 Å². The van der Waals surface area contributed by atoms with E-state index in [-0.39, 0.29) is 11.7 Å². The number of nitrogens with one attached hydrogen (secondary N) is 1. The number of amides is 2. The van der Waals surface area contributed by atoms with Crippen molar-refractivity contribution < 1.29 is 9.72 Å². The summed E-state index contributed by atoms with van der Waals surface area (Å²) in [5, 5.41) is 14.6. The van der Waals surface area contributed by atoms with Gasteiger partial charge in [-0.15, -0.1) is 0 Å². The molecule has 0 bridgehead atoms. The first-order valence-corrected chi connectivity index (χ1v) is 10.5. The van der Waals surface area contributed by atoms with E-state index in [4.69, 9.17) is 11.6 Å². The van der Waals surface area contributed by atoms with E-state index in [0.29, 0.717) is 43.4 Å². The van der Waals surface area contributed by atoms with Gasteiger partial charge in [-0.1, -0.05) is 23.7 Å². The topological polar surface area (TPSA) is 96.5 Å². The summed E-state index contributed by atoms with van der Waals surface area (Å²) in [5.41, 5.74) is 2.56. The van der Waals surface area contributed by atoms with Crippen LogP contribution in [-0.2, 0) is 6.54 Å². The van der Waals surface area contributed by atoms with E-state index in [0.717, 1.165) is 24.0 Å². The summed E-state index contributed by atoms with van der Waals surface area (Å²) in [6, 6.07) is 12.5. The van der Waals surface area contributed by atoms with Crippen LogP contribution < -0.4 is 10.2 Å². The minimum Gasteiger partial charge on any atom is -0.362 e. The summed E-state index contributed by atoms with van der Waals surface area (Å²) < 4.78 is 2.08. The minimum absolute atomic E-state index is 0.0163. The monoisotopic (exact) mass is 442 g/mol. The zero-order valence-corrected chi connectivity index (χ0v) is 17.7. The van der Waals surface area contributed by atoms with Crippen molar-refractivity contribution in [1.82, 2.24) is 19.8 Å². The fraction of sp³-hybridized carbons (Fsp3) is 0.333. The van der Waals surface area contributed by atoms with Gasteiger partial charge < -0.3 is 19.7 Å². The second-order valence-electron chi connectivity index (χ2n) is 7.38. The van der Waals surface area contributed by atoms with Crippen molar-refractivity contribution >= 4 is 40.0 Å². The molecule has 0 unspecified atom stereocenters. The highest BCUT2D eigenvalue weighted by atomic mass is 35.5. The molecule has 10 heteroatoms. The van der Waals surface area contributed by atoms with Crippen molar-refractivity contribution in [3.05, 3.63) is 63.9 Å². The fourth-order valence-corrected chi connectivity index (χ4v) is 3.97. The number of halogens is 1. The number of piperazine rings is 1. The molecule has 0 saturated carbocycles. The highest BCUT2D eigenvalue weighted by molar-refractivity contribution is 6.30. The van der Waals surface area contributed by atoms with Gasteiger partial charge in [0, 0.05) is 50.4 Å². The van der Waals surface area contributed by atoms with Crippen molar-refractivity contribution in [3.8, 4) is 0 Å². The number of nitrogens with zero attached hydrogens (tertiary/aromatic N) is 5. The van der Waals surface area contributed by atoms with Crippen molar-refractivity contribution in [2.75, 3.05) is 37.6 Å². The lowest BCUT2D eigenvalue weighted by molar-refractivity contribution is -0.384. The van der Waals surface area contributed by atoms with E-state index in [1.165, 1.54) is 6.07 Å². The van der Waals surface area contributed by atoms with Gasteiger partial charge in [-0.2, -0.15) is 0 Å². The first kappa shape index (κ1) is 20.9. The molecule has 0 radical (unpaired) electrons. The molecule has 4 rings (SSSR count). The third-order valence-electron chi connectivity index (χ3n) is 5.42. The van der Waals surface area contributed by atoms with Gasteiger partial charge in [-0.3, -0.25) is 10.1 Å². The van der Waals surface area contributed by atoms with Gasteiger partial charge >= 0.3 is 6.03 Å². The predicted octanol–water partition coefficient (Wildman–Crippen LogP) is 3.52. The molecular weight excluding hydrogens is 420 g/mol. The molecule has 2 amide bonds. The number of carbonyl (C=O) groups excluding carboxylic acids is 1. The van der Waals surface area contributed by atoms with Gasteiger partial charge in [0.1, 0.15) is 5.69 Å². The molecule has 162 valence electrons. The number of anilines is 1. The number of hydrogen-bond acceptors (Lipinski definition) is 5. The number of aryl methyl sites for hydroxylation is 1. The van der Waals surface area contributed by atoms with Crippen LogP contribution in [0.15, 0.2) is 48.8 Å². The first-order valence-electron chi connectivity index (χ1n) is 10.1. The van der Waals surface area contributed by atoms with Crippen LogP contribution in [0.4, 0.5) is 16.2 Å². The molecule has 2 heterocycles. The number of imidazole rings is 1. The number of urea groups is 1. The summed E-state index contributed by atoms with van der Waals surface area (Å²) in [7, 11) is 0. The van der Waals surface area contributed by atoms with E-state index in [1.807, 2.05) is 35.5 Å². The van der Waals surface area contributed by atoms with Crippen molar-refractivity contribution in [2.24, 2.45) is 0 Å². The normalized spacial score (nSPS) is 14.1. The minimum atomic E-state index is -0.427. The van der Waals surface area contributed by atoms with Gasteiger partial charge in [0.15, 0.2) is 0 Å². The van der Waals surface area contributed by atoms with Gasteiger partial charge in [-0.25, -0.2) is 9.78 Å². The molecule has 1 saturated heterocycles. The number of benzene rings is 2. The maximum Gasteiger partial charge on any atom is 0.317 e. The highest BCUT2D eigenvalue weighted by Crippen LogP contribution is 2.31. The largest absolute Gasteiger partial charge is 0.362 e. The van der Waals surface area contributed by atoms with Crippen LogP contribution in [0, 0.1) is 10.1 Å². The van der Waals surface area contributed by atoms with Gasteiger partial charge in [0.05, 0.1) is 22.3 Å². The number of carbonyl (C=O) groups is 1. The second kappa shape index (κ2) is 9.22. The SMILES string of the molecule is O=C(NCCCn1cnc2ccccc21)N1CCN(c2ccc(Cl)cc2[N+](=O)[O-])CC1. The Morgan fingerprint density at radius 3 is 2.71 bits per heavy atom. The number of fused-ring (bicyclic) bond motifs is 1. The highest BCUT2D eigenvalue weighted by Gasteiger charge is 2.25. The number of nitro benzene ring substituents is 1. The van der Waals surface area contributed by atoms with E-state index in [2.05, 4.69) is 14.9 Å². The zero-order valence-electron chi connectivity index (χ0n) is 16.9. The van der Waals surface area contributed by atoms with Crippen LogP contribution >= 0.6 is 11.6 Å². The second-order valence-corrected chi connectivity index (χ2v) is 7.81. The lowest BCUT2D eigenvalue weighted by atomic mass is 10.2. The molecule has 0 spiro atoms. The molecule has 1 aliphatic rings. The van der Waals surface area contributed by atoms with Crippen LogP contribution in [-0.4, -0.2) is 58.1 Å². The lowest BCUT2D eigenvalue weighted by Crippen LogP contribution is -2.52. The van der Waals surface area contributed by atoms with Gasteiger partial charge in [-0.05, 0) is 30.7 Å². The molecule has 1 aromatic heterocycles. The summed E-state index contributed by atoms with van der Waals surface area (Å²) in [4.78, 5) is 31.4. The Bertz CT molecular complexity index is 1090. The number of hydrogen-bond donors (Lipinski definition) is 1. The summed E-state index contributed by atoms with van der Waals surface area (Å²) in [6.07, 6.45) is 2.62. The Morgan fingerprint density at radius 2 is 1.94 bits per heavy atom. The molecule has 0 aliphatic carbocycles. The average Bonchev–Trinajstić information content (AvgIpc) is 3.20. The average molecular weight is 443 g/mol. The maximum absolute atomic E-state index is 12.5. The lowest BCUT2D eigenvalue weighted by Gasteiger charge is -2.35. The molecule has 1 aliphatic heterocycles. The van der Waals surface area contributed by atoms with Crippen LogP contribution in [0.3, 0.4) is 0 Å². The molecular formula is C21H23ClN6O3. The van der Waals surface area contributed by atoms with E-state index < -0.39 is 4.92 Å². The number of nitro groups is 1. The Morgan fingerprint density at radius 1 is 1.16 bits per heavy atom. The third-order valence-corrected chi connectivity index (χ3v) is 5.66. The fourth-order valence-electron chi connectivity index (χ4n) is 3.81. The summed E-state index contributed by atoms with van der Waals surface area (Å²) >= 11 is 5.90. The molecule has 0 atom stereocenters. The van der Waals surface area contributed by atoms with E-state index >= 15 is 0 Å². The van der Waals surface area contributed by atoms with Crippen LogP contribution in [0.2, 0.25) is 5.02 Å². The van der Waals surface area contributed by atoms with Crippen molar-refractivity contribution in [3.63, 3.8) is 0 Å². The Hall–Kier alpha value is -3.33. The number of rotatable bonds is 6. The summed E-state index contributed by atoms with van der Waals surface area (Å²) in [5.74, 6) is 0. The number of aromatic nitrogens is 2. The molecule has 31 heavy (non-hydrogen) atoms. The van der Waals surface area contributed by atoms with Crippen LogP contribution in [0.5, 0.6) is 0 Å². The Kier molecular flexibility index (Phi) is 6.22. The summed E-state index contributed by atoms with van der Waals surface area (Å²) in [6.45, 7) is 3.38. The van der Waals surface area contributed by atoms with Gasteiger partial charge in [0.2, 0.25) is 0 Å². The third kappa shape index (κ3) is 4.72. The van der Waals surface area contributed by atoms with Crippen LogP contribution in [0.1, 0.15) is 6.42 Å². The molecule has 1 fully saturated rings. The maximum atomic E-state index is 12.5. The Balaban J connectivity index is 1.25. The molecule has 9 nitrogen and oxygen atoms in total. The van der Waals surface area contributed by atoms with Crippen LogP contribution in [0.25, 0.3) is 11.0 Å². The quantitative estimate of drug-likeness (QED) is 0.358. The van der Waals surface area contributed by atoms with Crippen molar-refractivity contribution in [2.45, 2.75) is 13.0 Å². The standard InChI is InChI=1S/C21H23ClN6O3/c22-16-6-7-19(20(14-16)28(30)31)25-10-12-26(13-11-25)21(29)23-8-3-9-27-15-24-17-4-1-2-5-18(17)27/h1-2,4-7,14-15H,3,8-13H2,(H,23,29). The molecule has 2 aromatic carbocycles.